The molecule has 4 heterocycles. The van der Waals surface area contributed by atoms with Gasteiger partial charge in [-0.1, -0.05) is 44.7 Å². The van der Waals surface area contributed by atoms with Crippen molar-refractivity contribution in [3.05, 3.63) is 64.9 Å². The molecule has 0 spiro atoms. The van der Waals surface area contributed by atoms with Gasteiger partial charge in [0.25, 0.3) is 5.91 Å². The average Bonchev–Trinajstić information content (AvgIpc) is 3.62. The van der Waals surface area contributed by atoms with Crippen LogP contribution in [0, 0.1) is 10.8 Å². The van der Waals surface area contributed by atoms with Gasteiger partial charge in [-0.3, -0.25) is 14.3 Å². The summed E-state index contributed by atoms with van der Waals surface area (Å²) in [4.78, 5) is 24.5. The number of pyridine rings is 1. The Hall–Kier alpha value is -3.24. The van der Waals surface area contributed by atoms with E-state index >= 15 is 0 Å². The predicted molar refractivity (Wildman–Crippen MR) is 153 cm³/mol. The molecule has 39 heavy (non-hydrogen) atoms. The number of fused-ring (bicyclic) bond motifs is 2. The standard InChI is InChI=1S/C29H32N6O2S2/c1-28(2)13-20-14-29(3,17-28)18-34(20)26(36)21-15-38-24(31-21)16-39-27-33-32-25(19-9-11-30-12-10-19)35(27)22-7-5-6-8-23(22)37-4/h5-12,15,20H,13-14,16-18H2,1-4H3. The molecule has 1 aliphatic carbocycles. The number of thiazole rings is 1. The molecule has 2 atom stereocenters. The number of hydrogen-bond donors (Lipinski definition) is 0. The highest BCUT2D eigenvalue weighted by Crippen LogP contribution is 2.52. The number of nitrogens with zero attached hydrogens (tertiary/aromatic N) is 6. The quantitative estimate of drug-likeness (QED) is 0.251. The SMILES string of the molecule is COc1ccccc1-n1c(SCc2nc(C(=O)N3CC4(C)CC3CC(C)(C)C4)cs2)nnc1-c1ccncc1. The molecule has 6 rings (SSSR count). The molecule has 3 aromatic heterocycles. The summed E-state index contributed by atoms with van der Waals surface area (Å²) in [6.45, 7) is 7.80. The normalized spacial score (nSPS) is 21.7. The maximum atomic E-state index is 13.5. The van der Waals surface area contributed by atoms with Gasteiger partial charge in [-0.05, 0) is 54.4 Å². The van der Waals surface area contributed by atoms with Crippen LogP contribution in [0.5, 0.6) is 5.75 Å². The van der Waals surface area contributed by atoms with Crippen LogP contribution in [0.3, 0.4) is 0 Å². The van der Waals surface area contributed by atoms with Crippen molar-refractivity contribution in [1.29, 1.82) is 0 Å². The lowest BCUT2D eigenvalue weighted by Gasteiger charge is -2.39. The number of rotatable bonds is 7. The Kier molecular flexibility index (Phi) is 6.71. The smallest absolute Gasteiger partial charge is 0.273 e. The van der Waals surface area contributed by atoms with E-state index in [-0.39, 0.29) is 16.7 Å². The number of hydrogen-bond acceptors (Lipinski definition) is 8. The van der Waals surface area contributed by atoms with E-state index in [9.17, 15) is 4.79 Å². The lowest BCUT2D eigenvalue weighted by atomic mass is 9.65. The monoisotopic (exact) mass is 560 g/mol. The van der Waals surface area contributed by atoms with E-state index in [0.29, 0.717) is 23.3 Å². The minimum absolute atomic E-state index is 0.0612. The minimum Gasteiger partial charge on any atom is -0.495 e. The van der Waals surface area contributed by atoms with Gasteiger partial charge in [0.2, 0.25) is 0 Å². The number of carbonyl (C=O) groups excluding carboxylic acids is 1. The van der Waals surface area contributed by atoms with Gasteiger partial charge in [0.15, 0.2) is 11.0 Å². The molecular weight excluding hydrogens is 528 g/mol. The molecule has 2 bridgehead atoms. The zero-order valence-corrected chi connectivity index (χ0v) is 24.3. The molecule has 2 unspecified atom stereocenters. The van der Waals surface area contributed by atoms with E-state index in [1.165, 1.54) is 11.3 Å². The molecule has 1 saturated carbocycles. The zero-order valence-electron chi connectivity index (χ0n) is 22.6. The van der Waals surface area contributed by atoms with Crippen LogP contribution in [-0.4, -0.2) is 55.2 Å². The van der Waals surface area contributed by atoms with E-state index in [1.54, 1.807) is 31.3 Å². The van der Waals surface area contributed by atoms with Crippen molar-refractivity contribution in [3.8, 4) is 22.8 Å². The summed E-state index contributed by atoms with van der Waals surface area (Å²) in [5, 5.41) is 12.6. The Balaban J connectivity index is 1.23. The lowest BCUT2D eigenvalue weighted by Crippen LogP contribution is -2.37. The van der Waals surface area contributed by atoms with E-state index in [0.717, 1.165) is 53.0 Å². The first-order valence-corrected chi connectivity index (χ1v) is 15.0. The highest BCUT2D eigenvalue weighted by Gasteiger charge is 2.51. The van der Waals surface area contributed by atoms with Crippen LogP contribution in [0.2, 0.25) is 0 Å². The van der Waals surface area contributed by atoms with Crippen molar-refractivity contribution in [1.82, 2.24) is 29.6 Å². The second kappa shape index (κ2) is 10.1. The number of ether oxygens (including phenoxy) is 1. The number of aromatic nitrogens is 5. The first-order valence-electron chi connectivity index (χ1n) is 13.1. The number of benzene rings is 1. The number of carbonyl (C=O) groups is 1. The summed E-state index contributed by atoms with van der Waals surface area (Å²) in [6, 6.07) is 12.0. The Labute approximate surface area is 236 Å². The van der Waals surface area contributed by atoms with E-state index in [2.05, 4.69) is 40.9 Å². The van der Waals surface area contributed by atoms with Crippen molar-refractivity contribution in [2.45, 2.75) is 57.0 Å². The number of thioether (sulfide) groups is 1. The predicted octanol–water partition coefficient (Wildman–Crippen LogP) is 6.13. The van der Waals surface area contributed by atoms with Gasteiger partial charge in [-0.15, -0.1) is 21.5 Å². The molecular formula is C29H32N6O2S2. The van der Waals surface area contributed by atoms with Crippen LogP contribution in [0.25, 0.3) is 17.1 Å². The topological polar surface area (TPSA) is 86.0 Å². The third kappa shape index (κ3) is 5.07. The number of para-hydroxylation sites is 2. The maximum absolute atomic E-state index is 13.5. The molecule has 4 aromatic rings. The highest BCUT2D eigenvalue weighted by molar-refractivity contribution is 7.98. The fourth-order valence-electron chi connectivity index (χ4n) is 6.53. The van der Waals surface area contributed by atoms with E-state index < -0.39 is 0 Å². The van der Waals surface area contributed by atoms with Crippen LogP contribution in [0.1, 0.15) is 55.5 Å². The molecule has 10 heteroatoms. The Bertz CT molecular complexity index is 1500. The fraction of sp³-hybridized carbons (Fsp3) is 0.414. The average molecular weight is 561 g/mol. The van der Waals surface area contributed by atoms with Crippen molar-refractivity contribution in [3.63, 3.8) is 0 Å². The van der Waals surface area contributed by atoms with Crippen LogP contribution in [0.15, 0.2) is 59.3 Å². The van der Waals surface area contributed by atoms with Crippen LogP contribution in [-0.2, 0) is 5.75 Å². The summed E-state index contributed by atoms with van der Waals surface area (Å²) in [5.74, 6) is 2.07. The summed E-state index contributed by atoms with van der Waals surface area (Å²) < 4.78 is 7.66. The summed E-state index contributed by atoms with van der Waals surface area (Å²) in [7, 11) is 1.66. The van der Waals surface area contributed by atoms with E-state index in [1.807, 2.05) is 46.3 Å². The molecule has 1 saturated heterocycles. The largest absolute Gasteiger partial charge is 0.495 e. The van der Waals surface area contributed by atoms with Crippen molar-refractivity contribution in [2.24, 2.45) is 10.8 Å². The second-order valence-corrected chi connectivity index (χ2v) is 13.5. The minimum atomic E-state index is 0.0612. The van der Waals surface area contributed by atoms with Gasteiger partial charge in [-0.25, -0.2) is 4.98 Å². The molecule has 0 N–H and O–H groups in total. The highest BCUT2D eigenvalue weighted by atomic mass is 32.2. The van der Waals surface area contributed by atoms with Crippen molar-refractivity contribution in [2.75, 3.05) is 13.7 Å². The van der Waals surface area contributed by atoms with Gasteiger partial charge in [-0.2, -0.15) is 0 Å². The molecule has 202 valence electrons. The van der Waals surface area contributed by atoms with Gasteiger partial charge in [0.1, 0.15) is 16.5 Å². The molecule has 8 nitrogen and oxygen atoms in total. The summed E-state index contributed by atoms with van der Waals surface area (Å²) in [6.07, 6.45) is 6.79. The third-order valence-corrected chi connectivity index (χ3v) is 9.64. The van der Waals surface area contributed by atoms with Crippen LogP contribution >= 0.6 is 23.1 Å². The molecule has 0 radical (unpaired) electrons. The molecule has 1 aromatic carbocycles. The van der Waals surface area contributed by atoms with Gasteiger partial charge in [0, 0.05) is 35.9 Å². The molecule has 2 fully saturated rings. The van der Waals surface area contributed by atoms with Gasteiger partial charge in [0.05, 0.1) is 18.6 Å². The Morgan fingerprint density at radius 2 is 1.92 bits per heavy atom. The van der Waals surface area contributed by atoms with Crippen molar-refractivity contribution >= 4 is 29.0 Å². The zero-order chi connectivity index (χ0) is 27.2. The summed E-state index contributed by atoms with van der Waals surface area (Å²) >= 11 is 3.07. The first-order chi connectivity index (χ1) is 18.8. The molecule has 1 amide bonds. The third-order valence-electron chi connectivity index (χ3n) is 7.67. The maximum Gasteiger partial charge on any atom is 0.273 e. The van der Waals surface area contributed by atoms with Gasteiger partial charge >= 0.3 is 0 Å². The fourth-order valence-corrected chi connectivity index (χ4v) is 8.26. The molecule has 2 aliphatic rings. The van der Waals surface area contributed by atoms with E-state index in [4.69, 9.17) is 9.72 Å². The number of amides is 1. The number of methoxy groups -OCH3 is 1. The molecule has 1 aliphatic heterocycles. The van der Waals surface area contributed by atoms with Gasteiger partial charge < -0.3 is 9.64 Å². The Morgan fingerprint density at radius 3 is 2.72 bits per heavy atom. The van der Waals surface area contributed by atoms with Crippen LogP contribution < -0.4 is 4.74 Å². The van der Waals surface area contributed by atoms with Crippen LogP contribution in [0.4, 0.5) is 0 Å². The van der Waals surface area contributed by atoms with Crippen molar-refractivity contribution < 1.29 is 9.53 Å². The Morgan fingerprint density at radius 1 is 1.13 bits per heavy atom. The second-order valence-electron chi connectivity index (χ2n) is 11.6. The lowest BCUT2D eigenvalue weighted by molar-refractivity contribution is 0.0703. The first kappa shape index (κ1) is 26.0. The summed E-state index contributed by atoms with van der Waals surface area (Å²) in [5.41, 5.74) is 2.78. The number of likely N-dealkylation sites (tertiary alicyclic amines) is 1.